The second kappa shape index (κ2) is 6.62. The number of anilines is 2. The molecule has 1 heterocycles. The number of pyridine rings is 1. The average Bonchev–Trinajstić information content (AvgIpc) is 2.48. The fourth-order valence-corrected chi connectivity index (χ4v) is 2.04. The van der Waals surface area contributed by atoms with Gasteiger partial charge in [-0.25, -0.2) is 9.37 Å². The molecule has 23 heavy (non-hydrogen) atoms. The van der Waals surface area contributed by atoms with Gasteiger partial charge in [-0.3, -0.25) is 9.59 Å². The Morgan fingerprint density at radius 3 is 2.57 bits per heavy atom. The monoisotopic (exact) mass is 336 g/mol. The van der Waals surface area contributed by atoms with Gasteiger partial charge < -0.3 is 16.0 Å². The maximum absolute atomic E-state index is 13.4. The van der Waals surface area contributed by atoms with Crippen molar-refractivity contribution in [3.8, 4) is 0 Å². The third-order valence-electron chi connectivity index (χ3n) is 2.99. The highest BCUT2D eigenvalue weighted by atomic mass is 35.5. The standard InChI is InChI=1S/C15H14ClFN4O2/c1-21(2)13-6-8(5-12(16)20-13)15(23)19-9-3-4-11(17)10(7-9)14(18)22/h3-7H,1-2H3,(H2,18,22)(H,19,23). The molecule has 6 nitrogen and oxygen atoms in total. The molecule has 1 aromatic carbocycles. The molecule has 2 aromatic rings. The minimum Gasteiger partial charge on any atom is -0.366 e. The first-order valence-electron chi connectivity index (χ1n) is 6.53. The lowest BCUT2D eigenvalue weighted by Gasteiger charge is -2.13. The molecule has 8 heteroatoms. The Bertz CT molecular complexity index is 780. The molecule has 3 N–H and O–H groups in total. The third-order valence-corrected chi connectivity index (χ3v) is 3.18. The number of nitrogens with two attached hydrogens (primary N) is 1. The largest absolute Gasteiger partial charge is 0.366 e. The van der Waals surface area contributed by atoms with E-state index in [-0.39, 0.29) is 22.0 Å². The Morgan fingerprint density at radius 2 is 1.96 bits per heavy atom. The second-order valence-electron chi connectivity index (χ2n) is 4.94. The molecule has 120 valence electrons. The number of carbonyl (C=O) groups is 2. The number of nitrogens with one attached hydrogen (secondary N) is 1. The van der Waals surface area contributed by atoms with Crippen molar-refractivity contribution in [2.24, 2.45) is 5.73 Å². The Morgan fingerprint density at radius 1 is 1.26 bits per heavy atom. The van der Waals surface area contributed by atoms with Crippen molar-refractivity contribution in [1.29, 1.82) is 0 Å². The number of carbonyl (C=O) groups excluding carboxylic acids is 2. The van der Waals surface area contributed by atoms with Crippen LogP contribution in [0.25, 0.3) is 0 Å². The van der Waals surface area contributed by atoms with E-state index in [9.17, 15) is 14.0 Å². The molecule has 0 aliphatic heterocycles. The molecule has 0 aliphatic carbocycles. The number of aromatic nitrogens is 1. The van der Waals surface area contributed by atoms with Gasteiger partial charge in [-0.2, -0.15) is 0 Å². The van der Waals surface area contributed by atoms with E-state index in [2.05, 4.69) is 10.3 Å². The highest BCUT2D eigenvalue weighted by Crippen LogP contribution is 2.19. The molecule has 0 fully saturated rings. The number of halogens is 2. The predicted molar refractivity (Wildman–Crippen MR) is 86.4 cm³/mol. The van der Waals surface area contributed by atoms with Crippen LogP contribution in [0, 0.1) is 5.82 Å². The van der Waals surface area contributed by atoms with Crippen molar-refractivity contribution in [2.75, 3.05) is 24.3 Å². The number of amides is 2. The predicted octanol–water partition coefficient (Wildman–Crippen LogP) is 2.29. The highest BCUT2D eigenvalue weighted by molar-refractivity contribution is 6.30. The van der Waals surface area contributed by atoms with Gasteiger partial charge in [0.2, 0.25) is 0 Å². The first kappa shape index (κ1) is 16.7. The summed E-state index contributed by atoms with van der Waals surface area (Å²) in [5, 5.41) is 2.72. The molecule has 1 aromatic heterocycles. The maximum atomic E-state index is 13.4. The van der Waals surface area contributed by atoms with Crippen molar-refractivity contribution < 1.29 is 14.0 Å². The summed E-state index contributed by atoms with van der Waals surface area (Å²) in [6.45, 7) is 0. The molecule has 0 aliphatic rings. The van der Waals surface area contributed by atoms with Crippen LogP contribution < -0.4 is 16.0 Å². The average molecular weight is 337 g/mol. The summed E-state index contributed by atoms with van der Waals surface area (Å²) in [7, 11) is 3.53. The first-order valence-corrected chi connectivity index (χ1v) is 6.91. The molecule has 0 atom stereocenters. The van der Waals surface area contributed by atoms with Gasteiger partial charge in [-0.05, 0) is 30.3 Å². The van der Waals surface area contributed by atoms with Crippen LogP contribution in [0.5, 0.6) is 0 Å². The van der Waals surface area contributed by atoms with Gasteiger partial charge in [0.25, 0.3) is 11.8 Å². The van der Waals surface area contributed by atoms with Crippen molar-refractivity contribution in [3.05, 3.63) is 52.4 Å². The third kappa shape index (κ3) is 3.95. The first-order chi connectivity index (χ1) is 10.8. The fourth-order valence-electron chi connectivity index (χ4n) is 1.84. The Balaban J connectivity index is 2.29. The van der Waals surface area contributed by atoms with Crippen molar-refractivity contribution >= 4 is 34.9 Å². The molecule has 0 bridgehead atoms. The van der Waals surface area contributed by atoms with E-state index in [4.69, 9.17) is 17.3 Å². The van der Waals surface area contributed by atoms with Crippen LogP contribution in [-0.2, 0) is 0 Å². The van der Waals surface area contributed by atoms with Crippen molar-refractivity contribution in [2.45, 2.75) is 0 Å². The van der Waals surface area contributed by atoms with Crippen LogP contribution in [-0.4, -0.2) is 30.9 Å². The number of benzene rings is 1. The van der Waals surface area contributed by atoms with E-state index in [0.717, 1.165) is 6.07 Å². The van der Waals surface area contributed by atoms with Crippen LogP contribution in [0.2, 0.25) is 5.15 Å². The Labute approximate surface area is 137 Å². The van der Waals surface area contributed by atoms with E-state index in [1.165, 1.54) is 18.2 Å². The maximum Gasteiger partial charge on any atom is 0.255 e. The fraction of sp³-hybridized carbons (Fsp3) is 0.133. The number of hydrogen-bond acceptors (Lipinski definition) is 4. The van der Waals surface area contributed by atoms with Crippen molar-refractivity contribution in [3.63, 3.8) is 0 Å². The van der Waals surface area contributed by atoms with Crippen LogP contribution in [0.15, 0.2) is 30.3 Å². The lowest BCUT2D eigenvalue weighted by molar-refractivity contribution is 0.0992. The molecular weight excluding hydrogens is 323 g/mol. The van der Waals surface area contributed by atoms with Gasteiger partial charge in [0.1, 0.15) is 16.8 Å². The number of primary amides is 1. The lowest BCUT2D eigenvalue weighted by atomic mass is 10.1. The minimum atomic E-state index is -0.916. The SMILES string of the molecule is CN(C)c1cc(C(=O)Nc2ccc(F)c(C(N)=O)c2)cc(Cl)n1. The van der Waals surface area contributed by atoms with Crippen LogP contribution in [0.1, 0.15) is 20.7 Å². The van der Waals surface area contributed by atoms with Gasteiger partial charge >= 0.3 is 0 Å². The lowest BCUT2D eigenvalue weighted by Crippen LogP contribution is -2.17. The van der Waals surface area contributed by atoms with Gasteiger partial charge in [-0.1, -0.05) is 11.6 Å². The second-order valence-corrected chi connectivity index (χ2v) is 5.33. The van der Waals surface area contributed by atoms with Gasteiger partial charge in [-0.15, -0.1) is 0 Å². The van der Waals surface area contributed by atoms with Crippen LogP contribution in [0.4, 0.5) is 15.9 Å². The quantitative estimate of drug-likeness (QED) is 0.838. The summed E-state index contributed by atoms with van der Waals surface area (Å²) in [5.74, 6) is -1.63. The zero-order valence-electron chi connectivity index (χ0n) is 12.4. The summed E-state index contributed by atoms with van der Waals surface area (Å²) in [6.07, 6.45) is 0. The molecule has 2 amide bonds. The molecule has 2 rings (SSSR count). The Kier molecular flexibility index (Phi) is 4.80. The normalized spacial score (nSPS) is 10.3. The molecule has 0 unspecified atom stereocenters. The highest BCUT2D eigenvalue weighted by Gasteiger charge is 2.13. The van der Waals surface area contributed by atoms with E-state index >= 15 is 0 Å². The summed E-state index contributed by atoms with van der Waals surface area (Å²) >= 11 is 5.90. The smallest absolute Gasteiger partial charge is 0.255 e. The molecule has 0 saturated carbocycles. The minimum absolute atomic E-state index is 0.165. The molecule has 0 saturated heterocycles. The van der Waals surface area contributed by atoms with Gasteiger partial charge in [0.05, 0.1) is 5.56 Å². The zero-order valence-corrected chi connectivity index (χ0v) is 13.2. The van der Waals surface area contributed by atoms with E-state index < -0.39 is 17.6 Å². The number of rotatable bonds is 4. The van der Waals surface area contributed by atoms with Gasteiger partial charge in [0, 0.05) is 25.3 Å². The topological polar surface area (TPSA) is 88.3 Å². The molecule has 0 spiro atoms. The summed E-state index contributed by atoms with van der Waals surface area (Å²) < 4.78 is 13.4. The van der Waals surface area contributed by atoms with Crippen LogP contribution in [0.3, 0.4) is 0 Å². The van der Waals surface area contributed by atoms with E-state index in [1.54, 1.807) is 25.1 Å². The van der Waals surface area contributed by atoms with Crippen LogP contribution >= 0.6 is 11.6 Å². The van der Waals surface area contributed by atoms with E-state index in [1.807, 2.05) is 0 Å². The Hall–Kier alpha value is -2.67. The van der Waals surface area contributed by atoms with E-state index in [0.29, 0.717) is 5.82 Å². The number of nitrogens with zero attached hydrogens (tertiary/aromatic N) is 2. The molecule has 0 radical (unpaired) electrons. The molecular formula is C15H14ClFN4O2. The summed E-state index contributed by atoms with van der Waals surface area (Å²) in [6, 6.07) is 6.52. The van der Waals surface area contributed by atoms with Crippen molar-refractivity contribution in [1.82, 2.24) is 4.98 Å². The summed E-state index contributed by atoms with van der Waals surface area (Å²) in [5.41, 5.74) is 5.29. The number of hydrogen-bond donors (Lipinski definition) is 2. The van der Waals surface area contributed by atoms with Gasteiger partial charge in [0.15, 0.2) is 0 Å². The summed E-state index contributed by atoms with van der Waals surface area (Å²) in [4.78, 5) is 29.2. The zero-order chi connectivity index (χ0) is 17.1.